The van der Waals surface area contributed by atoms with Gasteiger partial charge in [0.2, 0.25) is 0 Å². The lowest BCUT2D eigenvalue weighted by Gasteiger charge is -2.02. The van der Waals surface area contributed by atoms with Crippen LogP contribution in [0.3, 0.4) is 0 Å². The number of thiazole rings is 1. The van der Waals surface area contributed by atoms with Crippen molar-refractivity contribution in [1.29, 1.82) is 0 Å². The van der Waals surface area contributed by atoms with Crippen molar-refractivity contribution in [3.05, 3.63) is 40.5 Å². The summed E-state index contributed by atoms with van der Waals surface area (Å²) < 4.78 is 18.0. The molecule has 78 valence electrons. The number of aromatic nitrogens is 1. The summed E-state index contributed by atoms with van der Waals surface area (Å²) in [5.74, 6) is 0.837. The molecular weight excluding hydrogens is 215 g/mol. The Morgan fingerprint density at radius 2 is 2.07 bits per heavy atom. The fraction of sp³-hybridized carbons (Fsp3) is 0.100. The molecule has 2 aromatic rings. The molecule has 15 heavy (non-hydrogen) atoms. The summed E-state index contributed by atoms with van der Waals surface area (Å²) in [5.41, 5.74) is 5.46. The molecule has 0 aliphatic carbocycles. The van der Waals surface area contributed by atoms with Crippen LogP contribution in [-0.4, -0.2) is 4.98 Å². The van der Waals surface area contributed by atoms with Crippen molar-refractivity contribution >= 4 is 17.2 Å². The van der Waals surface area contributed by atoms with Gasteiger partial charge in [0.05, 0.1) is 0 Å². The molecule has 0 fully saturated rings. The van der Waals surface area contributed by atoms with Gasteiger partial charge in [0.25, 0.3) is 0 Å². The maximum Gasteiger partial charge on any atom is 0.140 e. The average Bonchev–Trinajstić information content (AvgIpc) is 2.64. The zero-order valence-electron chi connectivity index (χ0n) is 7.81. The molecule has 2 rings (SSSR count). The Morgan fingerprint density at radius 3 is 2.67 bits per heavy atom. The molecule has 0 atom stereocenters. The largest absolute Gasteiger partial charge is 0.486 e. The summed E-state index contributed by atoms with van der Waals surface area (Å²) in [6, 6.07) is 5.86. The third kappa shape index (κ3) is 2.66. The SMILES string of the molecule is Nc1csc(COc2ccc(F)cc2)n1. The van der Waals surface area contributed by atoms with Gasteiger partial charge in [0, 0.05) is 5.38 Å². The molecule has 0 bridgehead atoms. The lowest BCUT2D eigenvalue weighted by atomic mass is 10.3. The molecule has 2 N–H and O–H groups in total. The Morgan fingerprint density at radius 1 is 1.33 bits per heavy atom. The number of nitrogens with zero attached hydrogens (tertiary/aromatic N) is 1. The fourth-order valence-corrected chi connectivity index (χ4v) is 1.66. The van der Waals surface area contributed by atoms with E-state index >= 15 is 0 Å². The molecule has 0 amide bonds. The smallest absolute Gasteiger partial charge is 0.140 e. The second-order valence-corrected chi connectivity index (χ2v) is 3.85. The molecule has 0 spiro atoms. The minimum absolute atomic E-state index is 0.277. The number of halogens is 1. The van der Waals surface area contributed by atoms with Crippen molar-refractivity contribution in [3.63, 3.8) is 0 Å². The van der Waals surface area contributed by atoms with Crippen LogP contribution in [0.15, 0.2) is 29.6 Å². The second kappa shape index (κ2) is 4.27. The molecule has 5 heteroatoms. The van der Waals surface area contributed by atoms with Crippen molar-refractivity contribution in [2.24, 2.45) is 0 Å². The summed E-state index contributed by atoms with van der Waals surface area (Å²) in [5, 5.41) is 2.56. The van der Waals surface area contributed by atoms with Crippen LogP contribution in [0.1, 0.15) is 5.01 Å². The van der Waals surface area contributed by atoms with E-state index in [1.165, 1.54) is 23.5 Å². The summed E-state index contributed by atoms with van der Waals surface area (Å²) in [7, 11) is 0. The van der Waals surface area contributed by atoms with E-state index in [9.17, 15) is 4.39 Å². The molecule has 1 heterocycles. The van der Waals surface area contributed by atoms with E-state index in [1.807, 2.05) is 0 Å². The van der Waals surface area contributed by atoms with Crippen LogP contribution in [0.25, 0.3) is 0 Å². The van der Waals surface area contributed by atoms with Gasteiger partial charge in [-0.3, -0.25) is 0 Å². The molecule has 0 saturated carbocycles. The molecule has 0 saturated heterocycles. The first-order valence-electron chi connectivity index (χ1n) is 4.32. The van der Waals surface area contributed by atoms with Gasteiger partial charge >= 0.3 is 0 Å². The zero-order chi connectivity index (χ0) is 10.7. The molecular formula is C10H9FN2OS. The van der Waals surface area contributed by atoms with Crippen LogP contribution in [0.2, 0.25) is 0 Å². The van der Waals surface area contributed by atoms with Gasteiger partial charge in [-0.1, -0.05) is 0 Å². The highest BCUT2D eigenvalue weighted by Crippen LogP contribution is 2.16. The average molecular weight is 224 g/mol. The first-order valence-corrected chi connectivity index (χ1v) is 5.20. The Hall–Kier alpha value is -1.62. The Kier molecular flexibility index (Phi) is 2.82. The van der Waals surface area contributed by atoms with E-state index in [4.69, 9.17) is 10.5 Å². The van der Waals surface area contributed by atoms with Crippen LogP contribution in [0, 0.1) is 5.82 Å². The van der Waals surface area contributed by atoms with Crippen molar-refractivity contribution in [2.45, 2.75) is 6.61 Å². The van der Waals surface area contributed by atoms with Crippen LogP contribution in [-0.2, 0) is 6.61 Å². The number of benzene rings is 1. The number of hydrogen-bond acceptors (Lipinski definition) is 4. The Labute approximate surface area is 90.3 Å². The predicted octanol–water partition coefficient (Wildman–Crippen LogP) is 2.44. The van der Waals surface area contributed by atoms with Gasteiger partial charge in [-0.25, -0.2) is 9.37 Å². The van der Waals surface area contributed by atoms with E-state index in [-0.39, 0.29) is 5.82 Å². The van der Waals surface area contributed by atoms with Crippen molar-refractivity contribution in [2.75, 3.05) is 5.73 Å². The second-order valence-electron chi connectivity index (χ2n) is 2.91. The van der Waals surface area contributed by atoms with Crippen molar-refractivity contribution in [3.8, 4) is 5.75 Å². The highest BCUT2D eigenvalue weighted by molar-refractivity contribution is 7.09. The maximum atomic E-state index is 12.6. The normalized spacial score (nSPS) is 10.2. The number of hydrogen-bond donors (Lipinski definition) is 1. The van der Waals surface area contributed by atoms with E-state index in [0.29, 0.717) is 18.2 Å². The minimum Gasteiger partial charge on any atom is -0.486 e. The predicted molar refractivity (Wildman–Crippen MR) is 57.3 cm³/mol. The Balaban J connectivity index is 1.96. The summed E-state index contributed by atoms with van der Waals surface area (Å²) in [6.07, 6.45) is 0. The van der Waals surface area contributed by atoms with Crippen LogP contribution >= 0.6 is 11.3 Å². The quantitative estimate of drug-likeness (QED) is 0.871. The molecule has 0 aliphatic heterocycles. The standard InChI is InChI=1S/C10H9FN2OS/c11-7-1-3-8(4-2-7)14-5-10-13-9(12)6-15-10/h1-4,6H,5,12H2. The lowest BCUT2D eigenvalue weighted by molar-refractivity contribution is 0.305. The van der Waals surface area contributed by atoms with E-state index in [0.717, 1.165) is 5.01 Å². The monoisotopic (exact) mass is 224 g/mol. The van der Waals surface area contributed by atoms with Crippen molar-refractivity contribution < 1.29 is 9.13 Å². The van der Waals surface area contributed by atoms with Crippen molar-refractivity contribution in [1.82, 2.24) is 4.98 Å². The first kappa shape index (κ1) is 9.92. The van der Waals surface area contributed by atoms with Crippen LogP contribution in [0.4, 0.5) is 10.2 Å². The van der Waals surface area contributed by atoms with Gasteiger partial charge in [-0.2, -0.15) is 0 Å². The summed E-state index contributed by atoms with van der Waals surface area (Å²) in [4.78, 5) is 4.04. The highest BCUT2D eigenvalue weighted by atomic mass is 32.1. The minimum atomic E-state index is -0.277. The van der Waals surface area contributed by atoms with E-state index < -0.39 is 0 Å². The van der Waals surface area contributed by atoms with Crippen LogP contribution in [0.5, 0.6) is 5.75 Å². The summed E-state index contributed by atoms with van der Waals surface area (Å²) in [6.45, 7) is 0.355. The molecule has 1 aromatic carbocycles. The van der Waals surface area contributed by atoms with Gasteiger partial charge in [-0.05, 0) is 24.3 Å². The summed E-state index contributed by atoms with van der Waals surface area (Å²) >= 11 is 1.44. The third-order valence-electron chi connectivity index (χ3n) is 1.75. The van der Waals surface area contributed by atoms with E-state index in [2.05, 4.69) is 4.98 Å². The number of ether oxygens (including phenoxy) is 1. The molecule has 0 radical (unpaired) electrons. The lowest BCUT2D eigenvalue weighted by Crippen LogP contribution is -1.95. The molecule has 3 nitrogen and oxygen atoms in total. The highest BCUT2D eigenvalue weighted by Gasteiger charge is 2.00. The van der Waals surface area contributed by atoms with Gasteiger partial charge in [0.15, 0.2) is 0 Å². The Bertz CT molecular complexity index is 441. The van der Waals surface area contributed by atoms with Crippen LogP contribution < -0.4 is 10.5 Å². The molecule has 0 unspecified atom stereocenters. The number of anilines is 1. The van der Waals surface area contributed by atoms with Gasteiger partial charge in [-0.15, -0.1) is 11.3 Å². The number of nitrogen functional groups attached to an aromatic ring is 1. The first-order chi connectivity index (χ1) is 7.24. The fourth-order valence-electron chi connectivity index (χ4n) is 1.07. The van der Waals surface area contributed by atoms with Gasteiger partial charge < -0.3 is 10.5 Å². The third-order valence-corrected chi connectivity index (χ3v) is 2.59. The maximum absolute atomic E-state index is 12.6. The number of rotatable bonds is 3. The molecule has 0 aliphatic rings. The van der Waals surface area contributed by atoms with Gasteiger partial charge in [0.1, 0.15) is 29.0 Å². The molecule has 1 aromatic heterocycles. The van der Waals surface area contributed by atoms with E-state index in [1.54, 1.807) is 17.5 Å². The number of nitrogens with two attached hydrogens (primary N) is 1. The zero-order valence-corrected chi connectivity index (χ0v) is 8.63. The topological polar surface area (TPSA) is 48.1 Å².